The van der Waals surface area contributed by atoms with Crippen LogP contribution in [0.4, 0.5) is 11.5 Å². The number of carbonyl (C=O) groups is 1. The van der Waals surface area contributed by atoms with Crippen LogP contribution < -0.4 is 5.32 Å². The molecule has 0 bridgehead atoms. The van der Waals surface area contributed by atoms with Gasteiger partial charge in [-0.1, -0.05) is 32.0 Å². The molecule has 1 aromatic carbocycles. The second-order valence-corrected chi connectivity index (χ2v) is 6.55. The third kappa shape index (κ3) is 3.55. The second kappa shape index (κ2) is 6.99. The van der Waals surface area contributed by atoms with Crippen molar-refractivity contribution in [1.82, 2.24) is 14.9 Å². The minimum absolute atomic E-state index is 0.00167. The van der Waals surface area contributed by atoms with Crippen LogP contribution in [0.25, 0.3) is 0 Å². The molecule has 0 aliphatic carbocycles. The molecule has 5 nitrogen and oxygen atoms in total. The van der Waals surface area contributed by atoms with Crippen LogP contribution in [0.5, 0.6) is 0 Å². The average molecular weight is 324 g/mol. The molecular weight excluding hydrogens is 300 g/mol. The molecule has 1 saturated heterocycles. The molecule has 126 valence electrons. The lowest BCUT2D eigenvalue weighted by Gasteiger charge is -2.17. The third-order valence-electron chi connectivity index (χ3n) is 4.30. The summed E-state index contributed by atoms with van der Waals surface area (Å²) in [5.41, 5.74) is 2.71. The number of likely N-dealkylation sites (tertiary alicyclic amines) is 1. The summed E-state index contributed by atoms with van der Waals surface area (Å²) in [6.07, 6.45) is 2.14. The molecule has 1 N–H and O–H groups in total. The normalized spacial score (nSPS) is 14.2. The van der Waals surface area contributed by atoms with E-state index in [9.17, 15) is 4.79 Å². The van der Waals surface area contributed by atoms with Gasteiger partial charge in [0.05, 0.1) is 0 Å². The van der Waals surface area contributed by atoms with E-state index >= 15 is 0 Å². The number of para-hydroxylation sites is 1. The molecule has 0 radical (unpaired) electrons. The molecule has 0 atom stereocenters. The van der Waals surface area contributed by atoms with E-state index in [-0.39, 0.29) is 5.91 Å². The van der Waals surface area contributed by atoms with E-state index < -0.39 is 0 Å². The van der Waals surface area contributed by atoms with Gasteiger partial charge in [-0.05, 0) is 37.3 Å². The predicted molar refractivity (Wildman–Crippen MR) is 95.7 cm³/mol. The fourth-order valence-corrected chi connectivity index (χ4v) is 3.08. The molecule has 1 amide bonds. The van der Waals surface area contributed by atoms with E-state index in [1.54, 1.807) is 6.07 Å². The largest absolute Gasteiger partial charge is 0.340 e. The van der Waals surface area contributed by atoms with Crippen LogP contribution >= 0.6 is 0 Å². The highest BCUT2D eigenvalue weighted by atomic mass is 16.2. The number of benzene rings is 1. The first-order valence-electron chi connectivity index (χ1n) is 8.55. The number of aryl methyl sites for hydroxylation is 1. The first-order chi connectivity index (χ1) is 11.5. The Morgan fingerprint density at radius 2 is 1.88 bits per heavy atom. The van der Waals surface area contributed by atoms with E-state index in [4.69, 9.17) is 0 Å². The molecule has 1 aliphatic heterocycles. The Bertz CT molecular complexity index is 736. The number of amides is 1. The van der Waals surface area contributed by atoms with Crippen LogP contribution in [0, 0.1) is 6.92 Å². The monoisotopic (exact) mass is 324 g/mol. The number of nitrogens with zero attached hydrogens (tertiary/aromatic N) is 3. The topological polar surface area (TPSA) is 58.1 Å². The zero-order chi connectivity index (χ0) is 17.1. The lowest BCUT2D eigenvalue weighted by atomic mass is 10.0. The van der Waals surface area contributed by atoms with Crippen molar-refractivity contribution < 1.29 is 4.79 Å². The van der Waals surface area contributed by atoms with Gasteiger partial charge in [0.25, 0.3) is 5.91 Å². The lowest BCUT2D eigenvalue weighted by molar-refractivity contribution is 0.0786. The zero-order valence-electron chi connectivity index (χ0n) is 14.5. The highest BCUT2D eigenvalue weighted by Crippen LogP contribution is 2.26. The maximum atomic E-state index is 12.6. The summed E-state index contributed by atoms with van der Waals surface area (Å²) in [6.45, 7) is 7.78. The molecule has 1 fully saturated rings. The third-order valence-corrected chi connectivity index (χ3v) is 4.30. The molecule has 3 rings (SSSR count). The Labute approximate surface area is 143 Å². The van der Waals surface area contributed by atoms with Crippen molar-refractivity contribution in [2.24, 2.45) is 0 Å². The summed E-state index contributed by atoms with van der Waals surface area (Å²) in [5, 5.41) is 3.36. The first-order valence-corrected chi connectivity index (χ1v) is 8.55. The summed E-state index contributed by atoms with van der Waals surface area (Å²) < 4.78 is 0. The summed E-state index contributed by atoms with van der Waals surface area (Å²) in [6, 6.07) is 9.93. The van der Waals surface area contributed by atoms with Crippen LogP contribution in [0.1, 0.15) is 54.5 Å². The summed E-state index contributed by atoms with van der Waals surface area (Å²) in [5.74, 6) is 1.67. The quantitative estimate of drug-likeness (QED) is 0.927. The fraction of sp³-hybridized carbons (Fsp3) is 0.421. The van der Waals surface area contributed by atoms with E-state index in [0.29, 0.717) is 23.3 Å². The van der Waals surface area contributed by atoms with E-state index in [1.807, 2.05) is 30.0 Å². The van der Waals surface area contributed by atoms with Gasteiger partial charge in [0, 0.05) is 24.8 Å². The summed E-state index contributed by atoms with van der Waals surface area (Å²) >= 11 is 0. The maximum Gasteiger partial charge on any atom is 0.272 e. The molecule has 0 unspecified atom stereocenters. The van der Waals surface area contributed by atoms with Gasteiger partial charge in [-0.3, -0.25) is 4.79 Å². The van der Waals surface area contributed by atoms with Crippen molar-refractivity contribution in [3.05, 3.63) is 47.4 Å². The van der Waals surface area contributed by atoms with Crippen LogP contribution in [0.3, 0.4) is 0 Å². The van der Waals surface area contributed by atoms with Gasteiger partial charge < -0.3 is 10.2 Å². The van der Waals surface area contributed by atoms with Crippen molar-refractivity contribution in [1.29, 1.82) is 0 Å². The zero-order valence-corrected chi connectivity index (χ0v) is 14.5. The fourth-order valence-electron chi connectivity index (χ4n) is 3.08. The molecular formula is C19H24N4O. The van der Waals surface area contributed by atoms with Crippen LogP contribution in [-0.2, 0) is 0 Å². The van der Waals surface area contributed by atoms with Crippen molar-refractivity contribution >= 4 is 17.4 Å². The van der Waals surface area contributed by atoms with Gasteiger partial charge >= 0.3 is 0 Å². The smallest absolute Gasteiger partial charge is 0.272 e. The number of carbonyl (C=O) groups excluding carboxylic acids is 1. The number of nitrogens with one attached hydrogen (secondary N) is 1. The number of hydrogen-bond donors (Lipinski definition) is 1. The number of hydrogen-bond acceptors (Lipinski definition) is 4. The van der Waals surface area contributed by atoms with E-state index in [2.05, 4.69) is 35.2 Å². The SMILES string of the molecule is Cc1nc(Nc2ccccc2C(C)C)cc(C(=O)N2CCCC2)n1. The maximum absolute atomic E-state index is 12.6. The van der Waals surface area contributed by atoms with Gasteiger partial charge in [-0.2, -0.15) is 0 Å². The van der Waals surface area contributed by atoms with Gasteiger partial charge in [0.15, 0.2) is 0 Å². The Morgan fingerprint density at radius 3 is 2.58 bits per heavy atom. The number of aromatic nitrogens is 2. The summed E-state index contributed by atoms with van der Waals surface area (Å²) in [4.78, 5) is 23.2. The Hall–Kier alpha value is -2.43. The second-order valence-electron chi connectivity index (χ2n) is 6.55. The molecule has 24 heavy (non-hydrogen) atoms. The first kappa shape index (κ1) is 16.4. The van der Waals surface area contributed by atoms with Crippen LogP contribution in [0.15, 0.2) is 30.3 Å². The van der Waals surface area contributed by atoms with E-state index in [0.717, 1.165) is 31.6 Å². The van der Waals surface area contributed by atoms with Gasteiger partial charge in [0.1, 0.15) is 17.3 Å². The lowest BCUT2D eigenvalue weighted by Crippen LogP contribution is -2.28. The van der Waals surface area contributed by atoms with Gasteiger partial charge in [0.2, 0.25) is 0 Å². The minimum Gasteiger partial charge on any atom is -0.340 e. The standard InChI is InChI=1S/C19H24N4O/c1-13(2)15-8-4-5-9-16(15)22-18-12-17(20-14(3)21-18)19(24)23-10-6-7-11-23/h4-5,8-9,12-13H,6-7,10-11H2,1-3H3,(H,20,21,22). The summed E-state index contributed by atoms with van der Waals surface area (Å²) in [7, 11) is 0. The van der Waals surface area contributed by atoms with Crippen LogP contribution in [0.2, 0.25) is 0 Å². The van der Waals surface area contributed by atoms with Crippen molar-refractivity contribution in [2.75, 3.05) is 18.4 Å². The Morgan fingerprint density at radius 1 is 1.17 bits per heavy atom. The highest BCUT2D eigenvalue weighted by Gasteiger charge is 2.21. The van der Waals surface area contributed by atoms with Gasteiger partial charge in [-0.25, -0.2) is 9.97 Å². The van der Waals surface area contributed by atoms with Crippen LogP contribution in [-0.4, -0.2) is 33.9 Å². The predicted octanol–water partition coefficient (Wildman–Crippen LogP) is 3.89. The highest BCUT2D eigenvalue weighted by molar-refractivity contribution is 5.93. The molecule has 2 aromatic rings. The van der Waals surface area contributed by atoms with Crippen molar-refractivity contribution in [3.63, 3.8) is 0 Å². The number of anilines is 2. The van der Waals surface area contributed by atoms with Gasteiger partial charge in [-0.15, -0.1) is 0 Å². The minimum atomic E-state index is -0.00167. The Balaban J connectivity index is 1.88. The number of rotatable bonds is 4. The molecule has 5 heteroatoms. The van der Waals surface area contributed by atoms with E-state index in [1.165, 1.54) is 5.56 Å². The molecule has 0 saturated carbocycles. The average Bonchev–Trinajstić information content (AvgIpc) is 3.08. The van der Waals surface area contributed by atoms with Crippen molar-refractivity contribution in [2.45, 2.75) is 39.5 Å². The van der Waals surface area contributed by atoms with Crippen molar-refractivity contribution in [3.8, 4) is 0 Å². The molecule has 0 spiro atoms. The molecule has 2 heterocycles. The Kier molecular flexibility index (Phi) is 4.79. The molecule has 1 aromatic heterocycles. The molecule has 1 aliphatic rings.